The highest BCUT2D eigenvalue weighted by Crippen LogP contribution is 2.18. The standard InChI is InChI=1S/C17H21N5O/c1-18-16(13-10-21-22(2)11-13)17(23)19-8-7-12-9-20-15-6-4-3-5-14(12)15/h3-6,9-11,16,18,20H,7-8H2,1-2H3,(H,19,23). The third kappa shape index (κ3) is 3.27. The van der Waals surface area contributed by atoms with Crippen LogP contribution in [0.3, 0.4) is 0 Å². The minimum atomic E-state index is -0.383. The smallest absolute Gasteiger partial charge is 0.241 e. The Bertz CT molecular complexity index is 804. The van der Waals surface area contributed by atoms with Crippen LogP contribution in [0.2, 0.25) is 0 Å². The summed E-state index contributed by atoms with van der Waals surface area (Å²) in [6, 6.07) is 7.80. The third-order valence-electron chi connectivity index (χ3n) is 3.98. The molecule has 1 atom stereocenters. The van der Waals surface area contributed by atoms with Gasteiger partial charge in [-0.2, -0.15) is 5.10 Å². The van der Waals surface area contributed by atoms with E-state index in [1.807, 2.05) is 31.6 Å². The number of hydrogen-bond donors (Lipinski definition) is 3. The van der Waals surface area contributed by atoms with Crippen molar-refractivity contribution in [2.75, 3.05) is 13.6 Å². The number of para-hydroxylation sites is 1. The summed E-state index contributed by atoms with van der Waals surface area (Å²) >= 11 is 0. The van der Waals surface area contributed by atoms with Crippen LogP contribution in [0.25, 0.3) is 10.9 Å². The Balaban J connectivity index is 1.60. The summed E-state index contributed by atoms with van der Waals surface area (Å²) in [4.78, 5) is 15.6. The number of aromatic amines is 1. The van der Waals surface area contributed by atoms with Gasteiger partial charge in [-0.05, 0) is 25.1 Å². The predicted octanol–water partition coefficient (Wildman–Crippen LogP) is 1.52. The molecule has 0 aliphatic heterocycles. The summed E-state index contributed by atoms with van der Waals surface area (Å²) in [5.74, 6) is -0.0414. The SMILES string of the molecule is CNC(C(=O)NCCc1c[nH]c2ccccc12)c1cnn(C)c1. The van der Waals surface area contributed by atoms with Gasteiger partial charge in [0.05, 0.1) is 6.20 Å². The highest BCUT2D eigenvalue weighted by atomic mass is 16.2. The number of carbonyl (C=O) groups excluding carboxylic acids is 1. The molecular formula is C17H21N5O. The lowest BCUT2D eigenvalue weighted by Gasteiger charge is -2.14. The first-order valence-corrected chi connectivity index (χ1v) is 7.67. The monoisotopic (exact) mass is 311 g/mol. The van der Waals surface area contributed by atoms with Crippen LogP contribution in [0, 0.1) is 0 Å². The fourth-order valence-electron chi connectivity index (χ4n) is 2.80. The maximum atomic E-state index is 12.4. The minimum absolute atomic E-state index is 0.0414. The number of aromatic nitrogens is 3. The van der Waals surface area contributed by atoms with Gasteiger partial charge in [0.25, 0.3) is 0 Å². The summed E-state index contributed by atoms with van der Waals surface area (Å²) in [6.07, 6.45) is 6.35. The van der Waals surface area contributed by atoms with E-state index in [1.165, 1.54) is 10.9 Å². The van der Waals surface area contributed by atoms with E-state index < -0.39 is 0 Å². The molecule has 3 N–H and O–H groups in total. The van der Waals surface area contributed by atoms with Crippen molar-refractivity contribution >= 4 is 16.8 Å². The number of H-pyrrole nitrogens is 1. The Hall–Kier alpha value is -2.60. The summed E-state index contributed by atoms with van der Waals surface area (Å²) in [7, 11) is 3.61. The van der Waals surface area contributed by atoms with Crippen LogP contribution >= 0.6 is 0 Å². The summed E-state index contributed by atoms with van der Waals surface area (Å²) in [5, 5.41) is 11.3. The van der Waals surface area contributed by atoms with Crippen molar-refractivity contribution in [2.24, 2.45) is 7.05 Å². The maximum Gasteiger partial charge on any atom is 0.241 e. The summed E-state index contributed by atoms with van der Waals surface area (Å²) < 4.78 is 1.69. The van der Waals surface area contributed by atoms with Crippen LogP contribution in [0.5, 0.6) is 0 Å². The molecule has 23 heavy (non-hydrogen) atoms. The highest BCUT2D eigenvalue weighted by molar-refractivity contribution is 5.84. The number of fused-ring (bicyclic) bond motifs is 1. The molecule has 6 nitrogen and oxygen atoms in total. The molecule has 3 rings (SSSR count). The largest absolute Gasteiger partial charge is 0.361 e. The number of rotatable bonds is 6. The lowest BCUT2D eigenvalue weighted by atomic mass is 10.1. The molecule has 0 saturated heterocycles. The van der Waals surface area contributed by atoms with E-state index in [4.69, 9.17) is 0 Å². The summed E-state index contributed by atoms with van der Waals surface area (Å²) in [6.45, 7) is 0.596. The van der Waals surface area contributed by atoms with Crippen LogP contribution < -0.4 is 10.6 Å². The normalized spacial score (nSPS) is 12.4. The van der Waals surface area contributed by atoms with Gasteiger partial charge >= 0.3 is 0 Å². The van der Waals surface area contributed by atoms with Gasteiger partial charge in [0.2, 0.25) is 5.91 Å². The molecule has 120 valence electrons. The van der Waals surface area contributed by atoms with Gasteiger partial charge in [-0.3, -0.25) is 9.48 Å². The Morgan fingerprint density at radius 2 is 2.22 bits per heavy atom. The fraction of sp³-hybridized carbons (Fsp3) is 0.294. The second-order valence-electron chi connectivity index (χ2n) is 5.57. The molecular weight excluding hydrogens is 290 g/mol. The molecule has 1 aromatic carbocycles. The number of likely N-dealkylation sites (N-methyl/N-ethyl adjacent to an activating group) is 1. The van der Waals surface area contributed by atoms with Crippen LogP contribution in [0.4, 0.5) is 0 Å². The highest BCUT2D eigenvalue weighted by Gasteiger charge is 2.19. The number of benzene rings is 1. The molecule has 0 aliphatic carbocycles. The first-order chi connectivity index (χ1) is 11.2. The van der Waals surface area contributed by atoms with Gasteiger partial charge in [-0.15, -0.1) is 0 Å². The first kappa shape index (κ1) is 15.3. The molecule has 0 bridgehead atoms. The average Bonchev–Trinajstić information content (AvgIpc) is 3.15. The lowest BCUT2D eigenvalue weighted by molar-refractivity contribution is -0.123. The number of amides is 1. The zero-order chi connectivity index (χ0) is 16.2. The Morgan fingerprint density at radius 3 is 2.96 bits per heavy atom. The molecule has 6 heteroatoms. The van der Waals surface area contributed by atoms with Crippen LogP contribution in [-0.2, 0) is 18.3 Å². The molecule has 0 fully saturated rings. The zero-order valence-electron chi connectivity index (χ0n) is 13.3. The van der Waals surface area contributed by atoms with Crippen LogP contribution in [0.15, 0.2) is 42.9 Å². The van der Waals surface area contributed by atoms with Gasteiger partial charge in [0.15, 0.2) is 0 Å². The van der Waals surface area contributed by atoms with E-state index in [1.54, 1.807) is 17.9 Å². The fourth-order valence-corrected chi connectivity index (χ4v) is 2.80. The quantitative estimate of drug-likeness (QED) is 0.646. The van der Waals surface area contributed by atoms with Gasteiger partial charge in [0.1, 0.15) is 6.04 Å². The van der Waals surface area contributed by atoms with Crippen molar-refractivity contribution in [2.45, 2.75) is 12.5 Å². The minimum Gasteiger partial charge on any atom is -0.361 e. The van der Waals surface area contributed by atoms with Gasteiger partial charge < -0.3 is 15.6 Å². The zero-order valence-corrected chi connectivity index (χ0v) is 13.3. The molecule has 0 spiro atoms. The second kappa shape index (κ2) is 6.66. The summed E-state index contributed by atoms with van der Waals surface area (Å²) in [5.41, 5.74) is 3.19. The molecule has 0 aliphatic rings. The first-order valence-electron chi connectivity index (χ1n) is 7.67. The van der Waals surface area contributed by atoms with Gasteiger partial charge in [-0.1, -0.05) is 18.2 Å². The van der Waals surface area contributed by atoms with Crippen molar-refractivity contribution in [1.29, 1.82) is 0 Å². The van der Waals surface area contributed by atoms with Crippen LogP contribution in [-0.4, -0.2) is 34.3 Å². The molecule has 2 aromatic heterocycles. The average molecular weight is 311 g/mol. The molecule has 1 unspecified atom stereocenters. The lowest BCUT2D eigenvalue weighted by Crippen LogP contribution is -2.36. The topological polar surface area (TPSA) is 74.7 Å². The molecule has 0 saturated carbocycles. The number of carbonyl (C=O) groups is 1. The van der Waals surface area contributed by atoms with Gasteiger partial charge in [0, 0.05) is 42.5 Å². The number of hydrogen-bond acceptors (Lipinski definition) is 3. The van der Waals surface area contributed by atoms with E-state index in [-0.39, 0.29) is 11.9 Å². The van der Waals surface area contributed by atoms with Crippen LogP contribution in [0.1, 0.15) is 17.2 Å². The Kier molecular flexibility index (Phi) is 4.43. The molecule has 2 heterocycles. The van der Waals surface area contributed by atoms with E-state index in [0.29, 0.717) is 6.54 Å². The van der Waals surface area contributed by atoms with E-state index in [2.05, 4.69) is 32.8 Å². The predicted molar refractivity (Wildman–Crippen MR) is 90.0 cm³/mol. The molecule has 0 radical (unpaired) electrons. The number of nitrogens with zero attached hydrogens (tertiary/aromatic N) is 2. The molecule has 3 aromatic rings. The van der Waals surface area contributed by atoms with Crippen molar-refractivity contribution < 1.29 is 4.79 Å². The second-order valence-corrected chi connectivity index (χ2v) is 5.57. The Morgan fingerprint density at radius 1 is 1.39 bits per heavy atom. The number of aryl methyl sites for hydroxylation is 1. The van der Waals surface area contributed by atoms with E-state index >= 15 is 0 Å². The van der Waals surface area contributed by atoms with Gasteiger partial charge in [-0.25, -0.2) is 0 Å². The third-order valence-corrected chi connectivity index (χ3v) is 3.98. The van der Waals surface area contributed by atoms with E-state index in [0.717, 1.165) is 17.5 Å². The van der Waals surface area contributed by atoms with Crippen molar-refractivity contribution in [3.05, 3.63) is 54.0 Å². The van der Waals surface area contributed by atoms with Crippen molar-refractivity contribution in [3.63, 3.8) is 0 Å². The number of nitrogens with one attached hydrogen (secondary N) is 3. The maximum absolute atomic E-state index is 12.4. The van der Waals surface area contributed by atoms with E-state index in [9.17, 15) is 4.79 Å². The van der Waals surface area contributed by atoms with Crippen molar-refractivity contribution in [1.82, 2.24) is 25.4 Å². The Labute approximate surface area is 134 Å². The molecule has 1 amide bonds. The van der Waals surface area contributed by atoms with Crippen molar-refractivity contribution in [3.8, 4) is 0 Å².